The van der Waals surface area contributed by atoms with Crippen LogP contribution in [0.4, 0.5) is 4.39 Å². The van der Waals surface area contributed by atoms with E-state index in [4.69, 9.17) is 9.84 Å². The molecule has 0 aromatic heterocycles. The number of ether oxygens (including phenoxy) is 1. The zero-order valence-corrected chi connectivity index (χ0v) is 11.6. The van der Waals surface area contributed by atoms with Crippen molar-refractivity contribution >= 4 is 33.7 Å². The van der Waals surface area contributed by atoms with Crippen molar-refractivity contribution in [2.75, 3.05) is 19.5 Å². The molecule has 0 fully saturated rings. The molecule has 0 saturated carbocycles. The van der Waals surface area contributed by atoms with Crippen molar-refractivity contribution in [1.82, 2.24) is 0 Å². The average molecular weight is 323 g/mol. The quantitative estimate of drug-likeness (QED) is 0.644. The number of halogens is 2. The molecule has 0 heterocycles. The van der Waals surface area contributed by atoms with Gasteiger partial charge >= 0.3 is 5.97 Å². The molecule has 94 valence electrons. The van der Waals surface area contributed by atoms with Gasteiger partial charge in [0.05, 0.1) is 10.0 Å². The Kier molecular flexibility index (Phi) is 5.94. The lowest BCUT2D eigenvalue weighted by Gasteiger charge is -2.06. The van der Waals surface area contributed by atoms with Crippen LogP contribution in [0.2, 0.25) is 0 Å². The van der Waals surface area contributed by atoms with Crippen molar-refractivity contribution in [3.05, 3.63) is 28.0 Å². The first-order valence-electron chi connectivity index (χ1n) is 4.91. The van der Waals surface area contributed by atoms with E-state index < -0.39 is 11.8 Å². The van der Waals surface area contributed by atoms with Gasteiger partial charge in [0, 0.05) is 24.4 Å². The summed E-state index contributed by atoms with van der Waals surface area (Å²) in [5.74, 6) is -0.942. The summed E-state index contributed by atoms with van der Waals surface area (Å²) < 4.78 is 18.7. The summed E-state index contributed by atoms with van der Waals surface area (Å²) in [5, 5.41) is 8.81. The zero-order chi connectivity index (χ0) is 12.8. The second-order valence-corrected chi connectivity index (χ2v) is 5.17. The van der Waals surface area contributed by atoms with Crippen LogP contribution < -0.4 is 0 Å². The topological polar surface area (TPSA) is 46.5 Å². The molecule has 0 aliphatic heterocycles. The summed E-state index contributed by atoms with van der Waals surface area (Å²) in [4.78, 5) is 11.2. The van der Waals surface area contributed by atoms with Crippen LogP contribution in [0.25, 0.3) is 0 Å². The number of carboxylic acids is 1. The third-order valence-corrected chi connectivity index (χ3v) is 3.92. The number of hydrogen-bond donors (Lipinski definition) is 1. The molecular weight excluding hydrogens is 311 g/mol. The van der Waals surface area contributed by atoms with Gasteiger partial charge in [-0.1, -0.05) is 0 Å². The number of thioether (sulfide) groups is 1. The lowest BCUT2D eigenvalue weighted by Crippen LogP contribution is -2.00. The molecule has 1 aromatic rings. The highest BCUT2D eigenvalue weighted by molar-refractivity contribution is 9.10. The Hall–Kier alpha value is -0.590. The van der Waals surface area contributed by atoms with Gasteiger partial charge in [0.25, 0.3) is 0 Å². The first-order valence-corrected chi connectivity index (χ1v) is 6.68. The molecule has 0 aliphatic rings. The maximum absolute atomic E-state index is 13.8. The predicted molar refractivity (Wildman–Crippen MR) is 68.3 cm³/mol. The molecule has 1 aromatic carbocycles. The number of benzene rings is 1. The minimum atomic E-state index is -1.15. The molecule has 0 amide bonds. The second-order valence-electron chi connectivity index (χ2n) is 3.24. The van der Waals surface area contributed by atoms with Gasteiger partial charge < -0.3 is 9.84 Å². The molecule has 0 unspecified atom stereocenters. The number of rotatable bonds is 6. The molecule has 0 atom stereocenters. The lowest BCUT2D eigenvalue weighted by atomic mass is 10.2. The fourth-order valence-corrected chi connectivity index (χ4v) is 2.72. The highest BCUT2D eigenvalue weighted by Gasteiger charge is 2.15. The molecule has 0 spiro atoms. The average Bonchev–Trinajstić information content (AvgIpc) is 2.29. The van der Waals surface area contributed by atoms with E-state index in [2.05, 4.69) is 15.9 Å². The lowest BCUT2D eigenvalue weighted by molar-refractivity contribution is 0.0695. The summed E-state index contributed by atoms with van der Waals surface area (Å²) in [6.07, 6.45) is 0.818. The van der Waals surface area contributed by atoms with Crippen LogP contribution in [-0.4, -0.2) is 30.5 Å². The van der Waals surface area contributed by atoms with Crippen LogP contribution in [0.15, 0.2) is 21.5 Å². The zero-order valence-electron chi connectivity index (χ0n) is 9.20. The Labute approximate surface area is 111 Å². The van der Waals surface area contributed by atoms with Crippen LogP contribution in [0.3, 0.4) is 0 Å². The van der Waals surface area contributed by atoms with Crippen molar-refractivity contribution < 1.29 is 19.0 Å². The van der Waals surface area contributed by atoms with Gasteiger partial charge in [-0.15, -0.1) is 11.8 Å². The molecule has 0 radical (unpaired) electrons. The minimum Gasteiger partial charge on any atom is -0.478 e. The van der Waals surface area contributed by atoms with E-state index in [1.54, 1.807) is 7.11 Å². The van der Waals surface area contributed by atoms with Crippen molar-refractivity contribution in [3.63, 3.8) is 0 Å². The fourth-order valence-electron chi connectivity index (χ4n) is 1.19. The highest BCUT2D eigenvalue weighted by atomic mass is 79.9. The van der Waals surface area contributed by atoms with E-state index in [0.717, 1.165) is 12.2 Å². The number of aromatic carboxylic acids is 1. The van der Waals surface area contributed by atoms with Crippen molar-refractivity contribution in [2.45, 2.75) is 11.3 Å². The SMILES string of the molecule is COCCCSc1ccc(C(=O)O)c(Br)c1F. The van der Waals surface area contributed by atoms with Gasteiger partial charge in [0.15, 0.2) is 5.82 Å². The van der Waals surface area contributed by atoms with E-state index in [0.29, 0.717) is 11.5 Å². The molecule has 0 bridgehead atoms. The van der Waals surface area contributed by atoms with E-state index in [-0.39, 0.29) is 10.0 Å². The highest BCUT2D eigenvalue weighted by Crippen LogP contribution is 2.30. The summed E-state index contributed by atoms with van der Waals surface area (Å²) in [6, 6.07) is 2.88. The molecular formula is C11H12BrFO3S. The number of carboxylic acid groups (broad SMARTS) is 1. The molecule has 0 aliphatic carbocycles. The van der Waals surface area contributed by atoms with Crippen LogP contribution in [0.1, 0.15) is 16.8 Å². The summed E-state index contributed by atoms with van der Waals surface area (Å²) in [7, 11) is 1.61. The van der Waals surface area contributed by atoms with Crippen LogP contribution in [0.5, 0.6) is 0 Å². The van der Waals surface area contributed by atoms with E-state index in [9.17, 15) is 9.18 Å². The van der Waals surface area contributed by atoms with Crippen LogP contribution in [-0.2, 0) is 4.74 Å². The van der Waals surface area contributed by atoms with Gasteiger partial charge in [-0.3, -0.25) is 0 Å². The molecule has 3 nitrogen and oxygen atoms in total. The first kappa shape index (κ1) is 14.5. The van der Waals surface area contributed by atoms with E-state index in [1.165, 1.54) is 23.9 Å². The van der Waals surface area contributed by atoms with Crippen molar-refractivity contribution in [1.29, 1.82) is 0 Å². The summed E-state index contributed by atoms with van der Waals surface area (Å²) in [5.41, 5.74) is -0.0660. The molecule has 1 N–H and O–H groups in total. The molecule has 17 heavy (non-hydrogen) atoms. The maximum Gasteiger partial charge on any atom is 0.336 e. The number of methoxy groups -OCH3 is 1. The van der Waals surface area contributed by atoms with Crippen molar-refractivity contribution in [3.8, 4) is 0 Å². The van der Waals surface area contributed by atoms with Gasteiger partial charge in [-0.05, 0) is 34.5 Å². The smallest absolute Gasteiger partial charge is 0.336 e. The monoisotopic (exact) mass is 322 g/mol. The standard InChI is InChI=1S/C11H12BrFO3S/c1-16-5-2-6-17-8-4-3-7(11(14)15)9(12)10(8)13/h3-4H,2,5-6H2,1H3,(H,14,15). The Morgan fingerprint density at radius 3 is 2.88 bits per heavy atom. The van der Waals surface area contributed by atoms with Gasteiger partial charge in [-0.25, -0.2) is 9.18 Å². The molecule has 1 rings (SSSR count). The van der Waals surface area contributed by atoms with Gasteiger partial charge in [0.1, 0.15) is 0 Å². The first-order chi connectivity index (χ1) is 8.07. The van der Waals surface area contributed by atoms with E-state index >= 15 is 0 Å². The fraction of sp³-hybridized carbons (Fsp3) is 0.364. The van der Waals surface area contributed by atoms with Gasteiger partial charge in [-0.2, -0.15) is 0 Å². The Bertz CT molecular complexity index is 412. The molecule has 0 saturated heterocycles. The Morgan fingerprint density at radius 1 is 1.59 bits per heavy atom. The number of hydrogen-bond acceptors (Lipinski definition) is 3. The third-order valence-electron chi connectivity index (χ3n) is 2.03. The van der Waals surface area contributed by atoms with Crippen LogP contribution in [0, 0.1) is 5.82 Å². The summed E-state index contributed by atoms with van der Waals surface area (Å²) in [6.45, 7) is 0.628. The van der Waals surface area contributed by atoms with Crippen LogP contribution >= 0.6 is 27.7 Å². The largest absolute Gasteiger partial charge is 0.478 e. The maximum atomic E-state index is 13.8. The second kappa shape index (κ2) is 6.98. The normalized spacial score (nSPS) is 10.5. The Balaban J connectivity index is 2.75. The predicted octanol–water partition coefficient (Wildman–Crippen LogP) is 3.42. The van der Waals surface area contributed by atoms with Crippen molar-refractivity contribution in [2.24, 2.45) is 0 Å². The Morgan fingerprint density at radius 2 is 2.29 bits per heavy atom. The van der Waals surface area contributed by atoms with E-state index in [1.807, 2.05) is 0 Å². The molecule has 6 heteroatoms. The minimum absolute atomic E-state index is 0.00161. The third kappa shape index (κ3) is 3.97. The van der Waals surface area contributed by atoms with Gasteiger partial charge in [0.2, 0.25) is 0 Å². The number of carbonyl (C=O) groups is 1. The summed E-state index contributed by atoms with van der Waals surface area (Å²) >= 11 is 4.30.